The van der Waals surface area contributed by atoms with Gasteiger partial charge in [0.2, 0.25) is 0 Å². The summed E-state index contributed by atoms with van der Waals surface area (Å²) in [5.41, 5.74) is 5.46. The maximum atomic E-state index is 12.1. The summed E-state index contributed by atoms with van der Waals surface area (Å²) < 4.78 is 0. The lowest BCUT2D eigenvalue weighted by molar-refractivity contribution is -0.119. The van der Waals surface area contributed by atoms with Gasteiger partial charge in [-0.3, -0.25) is 4.79 Å². The molecule has 0 spiro atoms. The van der Waals surface area contributed by atoms with E-state index in [2.05, 4.69) is 16.0 Å². The van der Waals surface area contributed by atoms with Crippen molar-refractivity contribution in [2.75, 3.05) is 25.4 Å². The van der Waals surface area contributed by atoms with Crippen molar-refractivity contribution in [1.29, 1.82) is 0 Å². The molecule has 5 N–H and O–H groups in total. The SMILES string of the molecule is NCCCNCCCCCCCCCC(=O)CCC[C@@H]1SC[C@@H]2NC(=O)N[C@@H]21. The second-order valence-electron chi connectivity index (χ2n) is 8.17. The molecule has 0 bridgehead atoms. The van der Waals surface area contributed by atoms with Crippen LogP contribution in [0.1, 0.15) is 77.0 Å². The van der Waals surface area contributed by atoms with Crippen molar-refractivity contribution < 1.29 is 9.59 Å². The molecule has 162 valence electrons. The fourth-order valence-electron chi connectivity index (χ4n) is 4.08. The van der Waals surface area contributed by atoms with Gasteiger partial charge in [0.05, 0.1) is 12.1 Å². The zero-order chi connectivity index (χ0) is 20.0. The van der Waals surface area contributed by atoms with Crippen LogP contribution in [0.2, 0.25) is 0 Å². The van der Waals surface area contributed by atoms with Crippen molar-refractivity contribution in [2.24, 2.45) is 5.73 Å². The van der Waals surface area contributed by atoms with Crippen LogP contribution in [0.5, 0.6) is 0 Å². The first-order chi connectivity index (χ1) is 13.7. The smallest absolute Gasteiger partial charge is 0.315 e. The molecule has 3 atom stereocenters. The normalized spacial score (nSPS) is 23.5. The number of thioether (sulfide) groups is 1. The molecule has 0 aliphatic carbocycles. The minimum Gasteiger partial charge on any atom is -0.332 e. The van der Waals surface area contributed by atoms with Gasteiger partial charge in [-0.05, 0) is 51.7 Å². The Morgan fingerprint density at radius 3 is 2.43 bits per heavy atom. The van der Waals surface area contributed by atoms with Crippen LogP contribution in [0.3, 0.4) is 0 Å². The fraction of sp³-hybridized carbons (Fsp3) is 0.905. The van der Waals surface area contributed by atoms with Gasteiger partial charge in [0.1, 0.15) is 5.78 Å². The Kier molecular flexibility index (Phi) is 11.9. The molecule has 0 aromatic heterocycles. The van der Waals surface area contributed by atoms with Gasteiger partial charge in [0.15, 0.2) is 0 Å². The second-order valence-corrected chi connectivity index (χ2v) is 9.44. The van der Waals surface area contributed by atoms with Gasteiger partial charge in [-0.25, -0.2) is 4.79 Å². The maximum Gasteiger partial charge on any atom is 0.315 e. The first-order valence-electron chi connectivity index (χ1n) is 11.3. The number of carbonyl (C=O) groups excluding carboxylic acids is 2. The molecule has 28 heavy (non-hydrogen) atoms. The van der Waals surface area contributed by atoms with Crippen LogP contribution in [0.15, 0.2) is 0 Å². The number of nitrogens with one attached hydrogen (secondary N) is 3. The zero-order valence-electron chi connectivity index (χ0n) is 17.3. The van der Waals surface area contributed by atoms with E-state index in [-0.39, 0.29) is 18.1 Å². The predicted molar refractivity (Wildman–Crippen MR) is 118 cm³/mol. The Labute approximate surface area is 174 Å². The first-order valence-corrected chi connectivity index (χ1v) is 12.4. The lowest BCUT2D eigenvalue weighted by atomic mass is 10.0. The molecule has 0 aromatic carbocycles. The number of nitrogens with two attached hydrogens (primary N) is 1. The number of Topliss-reactive ketones (excluding diaryl/α,β-unsaturated/α-hetero) is 1. The molecule has 0 aromatic rings. The standard InChI is InChI=1S/C21H40N4O2S/c22-13-9-15-23-14-7-5-3-1-2-4-6-10-17(26)11-8-12-19-20-18(16-28-19)24-21(27)25-20/h18-20,23H,1-16,22H2,(H2,24,25,27)/t18-,19-,20-/m0/s1. The number of fused-ring (bicyclic) bond motifs is 1. The van der Waals surface area contributed by atoms with Crippen molar-refractivity contribution in [3.8, 4) is 0 Å². The van der Waals surface area contributed by atoms with E-state index in [4.69, 9.17) is 5.73 Å². The summed E-state index contributed by atoms with van der Waals surface area (Å²) in [6, 6.07) is 0.510. The van der Waals surface area contributed by atoms with E-state index >= 15 is 0 Å². The number of hydrogen-bond donors (Lipinski definition) is 4. The average molecular weight is 413 g/mol. The first kappa shape index (κ1) is 23.5. The highest BCUT2D eigenvalue weighted by molar-refractivity contribution is 8.00. The summed E-state index contributed by atoms with van der Waals surface area (Å²) in [5.74, 6) is 1.41. The van der Waals surface area contributed by atoms with E-state index < -0.39 is 0 Å². The van der Waals surface area contributed by atoms with Crippen LogP contribution in [0.4, 0.5) is 4.79 Å². The van der Waals surface area contributed by atoms with Crippen molar-refractivity contribution in [1.82, 2.24) is 16.0 Å². The van der Waals surface area contributed by atoms with E-state index in [1.165, 1.54) is 38.5 Å². The Bertz CT molecular complexity index is 464. The van der Waals surface area contributed by atoms with Gasteiger partial charge in [0, 0.05) is 23.8 Å². The van der Waals surface area contributed by atoms with E-state index in [1.54, 1.807) is 0 Å². The summed E-state index contributed by atoms with van der Waals surface area (Å²) in [7, 11) is 0. The molecule has 7 heteroatoms. The Morgan fingerprint density at radius 1 is 0.964 bits per heavy atom. The number of amides is 2. The summed E-state index contributed by atoms with van der Waals surface area (Å²) in [6.45, 7) is 2.92. The number of ketones is 1. The molecule has 2 amide bonds. The van der Waals surface area contributed by atoms with Gasteiger partial charge in [-0.15, -0.1) is 0 Å². The monoisotopic (exact) mass is 412 g/mol. The lowest BCUT2D eigenvalue weighted by Crippen LogP contribution is -2.36. The van der Waals surface area contributed by atoms with Gasteiger partial charge in [-0.1, -0.05) is 32.1 Å². The zero-order valence-corrected chi connectivity index (χ0v) is 18.2. The van der Waals surface area contributed by atoms with Crippen LogP contribution in [0, 0.1) is 0 Å². The van der Waals surface area contributed by atoms with Crippen LogP contribution in [0.25, 0.3) is 0 Å². The molecule has 0 unspecified atom stereocenters. The third-order valence-electron chi connectivity index (χ3n) is 5.75. The highest BCUT2D eigenvalue weighted by Crippen LogP contribution is 2.33. The summed E-state index contributed by atoms with van der Waals surface area (Å²) in [5, 5.41) is 9.87. The van der Waals surface area contributed by atoms with Crippen LogP contribution in [-0.4, -0.2) is 54.5 Å². The maximum absolute atomic E-state index is 12.1. The molecule has 2 heterocycles. The Hall–Kier alpha value is -0.790. The van der Waals surface area contributed by atoms with Gasteiger partial charge in [0.25, 0.3) is 0 Å². The van der Waals surface area contributed by atoms with E-state index in [0.29, 0.717) is 17.5 Å². The van der Waals surface area contributed by atoms with Gasteiger partial charge < -0.3 is 21.7 Å². The molecule has 2 fully saturated rings. The Morgan fingerprint density at radius 2 is 1.64 bits per heavy atom. The summed E-state index contributed by atoms with van der Waals surface area (Å²) in [4.78, 5) is 23.5. The molecule has 2 rings (SSSR count). The molecular formula is C21H40N4O2S. The summed E-state index contributed by atoms with van der Waals surface area (Å²) in [6.07, 6.45) is 13.1. The second kappa shape index (κ2) is 14.2. The average Bonchev–Trinajstić information content (AvgIpc) is 3.22. The van der Waals surface area contributed by atoms with Gasteiger partial charge >= 0.3 is 6.03 Å². The Balaban J connectivity index is 1.34. The highest BCUT2D eigenvalue weighted by Gasteiger charge is 2.42. The molecule has 2 saturated heterocycles. The van der Waals surface area contributed by atoms with Crippen molar-refractivity contribution in [2.45, 2.75) is 94.4 Å². The largest absolute Gasteiger partial charge is 0.332 e. The minimum absolute atomic E-state index is 0.0319. The van der Waals surface area contributed by atoms with Crippen LogP contribution < -0.4 is 21.7 Å². The molecule has 0 radical (unpaired) electrons. The van der Waals surface area contributed by atoms with E-state index in [9.17, 15) is 9.59 Å². The molecular weight excluding hydrogens is 372 g/mol. The van der Waals surface area contributed by atoms with Crippen molar-refractivity contribution in [3.05, 3.63) is 0 Å². The third kappa shape index (κ3) is 9.14. The lowest BCUT2D eigenvalue weighted by Gasteiger charge is -2.16. The van der Waals surface area contributed by atoms with Crippen molar-refractivity contribution >= 4 is 23.6 Å². The molecule has 2 aliphatic heterocycles. The fourth-order valence-corrected chi connectivity index (χ4v) is 5.62. The van der Waals surface area contributed by atoms with Gasteiger partial charge in [-0.2, -0.15) is 11.8 Å². The van der Waals surface area contributed by atoms with E-state index in [1.807, 2.05) is 11.8 Å². The number of urea groups is 1. The van der Waals surface area contributed by atoms with Crippen molar-refractivity contribution in [3.63, 3.8) is 0 Å². The number of carbonyl (C=O) groups is 2. The topological polar surface area (TPSA) is 96.2 Å². The number of hydrogen-bond acceptors (Lipinski definition) is 5. The molecule has 6 nitrogen and oxygen atoms in total. The molecule has 2 aliphatic rings. The van der Waals surface area contributed by atoms with Crippen LogP contribution >= 0.6 is 11.8 Å². The van der Waals surface area contributed by atoms with E-state index in [0.717, 1.165) is 57.5 Å². The predicted octanol–water partition coefficient (Wildman–Crippen LogP) is 2.95. The molecule has 0 saturated carbocycles. The number of unbranched alkanes of at least 4 members (excludes halogenated alkanes) is 6. The summed E-state index contributed by atoms with van der Waals surface area (Å²) >= 11 is 1.93. The highest BCUT2D eigenvalue weighted by atomic mass is 32.2. The minimum atomic E-state index is -0.0319. The van der Waals surface area contributed by atoms with Crippen LogP contribution in [-0.2, 0) is 4.79 Å². The quantitative estimate of drug-likeness (QED) is 0.218. The third-order valence-corrected chi connectivity index (χ3v) is 7.26. The number of rotatable bonds is 17.